The Balaban J connectivity index is 1.66. The van der Waals surface area contributed by atoms with Crippen LogP contribution in [0.1, 0.15) is 0 Å². The maximum absolute atomic E-state index is 11.9. The predicted molar refractivity (Wildman–Crippen MR) is 57.2 cm³/mol. The Morgan fingerprint density at radius 1 is 0.875 bits per heavy atom. The van der Waals surface area contributed by atoms with Crippen LogP contribution in [0.2, 0.25) is 10.6 Å². The first-order chi connectivity index (χ1) is 7.84. The molecule has 2 saturated heterocycles. The molecule has 6 heteroatoms. The second-order valence-corrected chi connectivity index (χ2v) is 7.15. The predicted octanol–water partition coefficient (Wildman–Crippen LogP) is 0.239. The Morgan fingerprint density at radius 3 is 1.75 bits per heavy atom. The number of hydrogen-bond donors (Lipinski definition) is 0. The second kappa shape index (κ2) is 6.79. The van der Waals surface area contributed by atoms with E-state index in [0.717, 1.165) is 0 Å². The molecule has 0 bridgehead atoms. The molecule has 5 nitrogen and oxygen atoms in total. The van der Waals surface area contributed by atoms with Crippen molar-refractivity contribution in [2.45, 2.75) is 22.8 Å². The molecule has 0 spiro atoms. The van der Waals surface area contributed by atoms with Gasteiger partial charge >= 0.3 is 99.1 Å². The van der Waals surface area contributed by atoms with Crippen molar-refractivity contribution in [2.24, 2.45) is 0 Å². The van der Waals surface area contributed by atoms with Crippen molar-refractivity contribution >= 4 is 13.8 Å². The molecular weight excluding hydrogens is 279 g/mol. The van der Waals surface area contributed by atoms with E-state index in [9.17, 15) is 3.83 Å². The number of rotatable bonds is 4. The number of ether oxygens (including phenoxy) is 4. The minimum absolute atomic E-state index is 0.0146. The van der Waals surface area contributed by atoms with Crippen molar-refractivity contribution in [3.63, 3.8) is 0 Å². The first-order valence-electron chi connectivity index (χ1n) is 5.58. The van der Waals surface area contributed by atoms with Crippen molar-refractivity contribution in [1.29, 1.82) is 0 Å². The maximum atomic E-state index is 11.9. The van der Waals surface area contributed by atoms with Crippen LogP contribution in [0.15, 0.2) is 0 Å². The summed E-state index contributed by atoms with van der Waals surface area (Å²) in [4.78, 5) is 0. The third-order valence-corrected chi connectivity index (χ3v) is 5.63. The van der Waals surface area contributed by atoms with Gasteiger partial charge in [-0.05, 0) is 0 Å². The van der Waals surface area contributed by atoms with Crippen molar-refractivity contribution in [2.75, 3.05) is 39.6 Å². The fraction of sp³-hybridized carbons (Fsp3) is 1.00. The molecular formula is C10H18O5Se. The molecule has 94 valence electrons. The van der Waals surface area contributed by atoms with Gasteiger partial charge in [0.05, 0.1) is 0 Å². The first kappa shape index (κ1) is 12.6. The molecule has 0 amide bonds. The second-order valence-electron chi connectivity index (χ2n) is 3.91. The van der Waals surface area contributed by atoms with Gasteiger partial charge in [-0.25, -0.2) is 0 Å². The van der Waals surface area contributed by atoms with Gasteiger partial charge in [-0.2, -0.15) is 0 Å². The van der Waals surface area contributed by atoms with E-state index in [0.29, 0.717) is 50.3 Å². The summed E-state index contributed by atoms with van der Waals surface area (Å²) < 4.78 is 33.4. The summed E-state index contributed by atoms with van der Waals surface area (Å²) in [5, 5.41) is 1.25. The van der Waals surface area contributed by atoms with Crippen LogP contribution < -0.4 is 0 Å². The fourth-order valence-corrected chi connectivity index (χ4v) is 4.58. The third kappa shape index (κ3) is 4.20. The van der Waals surface area contributed by atoms with Crippen LogP contribution in [0.5, 0.6) is 0 Å². The SMILES string of the molecule is O=[Se](CC1COCCO1)CC1COCCO1. The average Bonchev–Trinajstić information content (AvgIpc) is 2.31. The summed E-state index contributed by atoms with van der Waals surface area (Å²) in [5.74, 6) is 0. The molecule has 2 rings (SSSR count). The van der Waals surface area contributed by atoms with Gasteiger partial charge in [-0.3, -0.25) is 0 Å². The van der Waals surface area contributed by atoms with Gasteiger partial charge in [0.15, 0.2) is 0 Å². The quantitative estimate of drug-likeness (QED) is 0.696. The summed E-state index contributed by atoms with van der Waals surface area (Å²) in [6.45, 7) is 3.69. The third-order valence-electron chi connectivity index (χ3n) is 2.51. The zero-order chi connectivity index (χ0) is 11.2. The molecule has 0 aromatic carbocycles. The molecule has 2 aliphatic heterocycles. The molecule has 2 heterocycles. The molecule has 16 heavy (non-hydrogen) atoms. The first-order valence-corrected chi connectivity index (χ1v) is 8.70. The molecule has 2 unspecified atom stereocenters. The van der Waals surface area contributed by atoms with Crippen LogP contribution in [0.25, 0.3) is 0 Å². The van der Waals surface area contributed by atoms with Crippen LogP contribution in [0.4, 0.5) is 0 Å². The summed E-state index contributed by atoms with van der Waals surface area (Å²) in [6, 6.07) is 0. The van der Waals surface area contributed by atoms with E-state index in [4.69, 9.17) is 18.9 Å². The topological polar surface area (TPSA) is 54.0 Å². The Hall–Kier alpha value is 0.159. The molecule has 2 aliphatic rings. The molecule has 0 aromatic heterocycles. The summed E-state index contributed by atoms with van der Waals surface area (Å²) in [5.41, 5.74) is 0. The van der Waals surface area contributed by atoms with E-state index < -0.39 is 13.8 Å². The summed E-state index contributed by atoms with van der Waals surface area (Å²) in [6.07, 6.45) is 0.0292. The Bertz CT molecular complexity index is 201. The molecule has 0 aliphatic carbocycles. The molecule has 2 atom stereocenters. The molecule has 0 N–H and O–H groups in total. The average molecular weight is 297 g/mol. The zero-order valence-corrected chi connectivity index (χ0v) is 11.0. The van der Waals surface area contributed by atoms with E-state index in [2.05, 4.69) is 0 Å². The molecule has 0 aromatic rings. The van der Waals surface area contributed by atoms with Gasteiger partial charge < -0.3 is 0 Å². The van der Waals surface area contributed by atoms with Gasteiger partial charge in [0, 0.05) is 0 Å². The van der Waals surface area contributed by atoms with E-state index in [-0.39, 0.29) is 12.2 Å². The molecule has 0 radical (unpaired) electrons. The van der Waals surface area contributed by atoms with Crippen LogP contribution in [0, 0.1) is 0 Å². The molecule has 0 saturated carbocycles. The van der Waals surface area contributed by atoms with Gasteiger partial charge in [0.2, 0.25) is 0 Å². The normalized spacial score (nSPS) is 33.5. The standard InChI is InChI=1S/C10H18O5Se/c11-16(7-9-5-12-1-3-14-9)8-10-6-13-2-4-15-10/h9-10H,1-8H2. The van der Waals surface area contributed by atoms with Crippen molar-refractivity contribution in [3.8, 4) is 0 Å². The van der Waals surface area contributed by atoms with Gasteiger partial charge in [0.25, 0.3) is 0 Å². The van der Waals surface area contributed by atoms with E-state index in [1.165, 1.54) is 0 Å². The minimum atomic E-state index is -1.87. The monoisotopic (exact) mass is 298 g/mol. The Labute approximate surface area is 99.5 Å². The van der Waals surface area contributed by atoms with E-state index in [1.807, 2.05) is 0 Å². The molecule has 2 fully saturated rings. The van der Waals surface area contributed by atoms with Crippen molar-refractivity contribution in [1.82, 2.24) is 0 Å². The van der Waals surface area contributed by atoms with Crippen molar-refractivity contribution < 1.29 is 22.8 Å². The summed E-state index contributed by atoms with van der Waals surface area (Å²) in [7, 11) is 0. The number of hydrogen-bond acceptors (Lipinski definition) is 5. The van der Waals surface area contributed by atoms with E-state index in [1.54, 1.807) is 0 Å². The van der Waals surface area contributed by atoms with Crippen LogP contribution >= 0.6 is 0 Å². The Morgan fingerprint density at radius 2 is 1.38 bits per heavy atom. The fourth-order valence-electron chi connectivity index (χ4n) is 1.75. The van der Waals surface area contributed by atoms with E-state index >= 15 is 0 Å². The van der Waals surface area contributed by atoms with Crippen LogP contribution in [-0.2, 0) is 22.8 Å². The Kier molecular flexibility index (Phi) is 5.35. The van der Waals surface area contributed by atoms with Gasteiger partial charge in [-0.15, -0.1) is 0 Å². The van der Waals surface area contributed by atoms with Gasteiger partial charge in [0.1, 0.15) is 0 Å². The van der Waals surface area contributed by atoms with Gasteiger partial charge in [-0.1, -0.05) is 0 Å². The zero-order valence-electron chi connectivity index (χ0n) is 9.26. The van der Waals surface area contributed by atoms with Crippen LogP contribution in [-0.4, -0.2) is 65.7 Å². The van der Waals surface area contributed by atoms with Crippen molar-refractivity contribution in [3.05, 3.63) is 0 Å². The van der Waals surface area contributed by atoms with Crippen LogP contribution in [0.3, 0.4) is 0 Å². The summed E-state index contributed by atoms with van der Waals surface area (Å²) >= 11 is -1.87.